The van der Waals surface area contributed by atoms with Gasteiger partial charge in [0.25, 0.3) is 6.43 Å². The highest BCUT2D eigenvalue weighted by Crippen LogP contribution is 2.22. The van der Waals surface area contributed by atoms with Gasteiger partial charge in [0, 0.05) is 0 Å². The van der Waals surface area contributed by atoms with Gasteiger partial charge in [-0.2, -0.15) is 0 Å². The predicted octanol–water partition coefficient (Wildman–Crippen LogP) is 3.76. The van der Waals surface area contributed by atoms with Crippen LogP contribution in [0.25, 0.3) is 0 Å². The van der Waals surface area contributed by atoms with Crippen molar-refractivity contribution in [1.82, 2.24) is 5.32 Å². The first-order valence-corrected chi connectivity index (χ1v) is 6.30. The molecule has 0 radical (unpaired) electrons. The van der Waals surface area contributed by atoms with Crippen LogP contribution in [0.4, 0.5) is 13.2 Å². The molecule has 0 saturated heterocycles. The van der Waals surface area contributed by atoms with Gasteiger partial charge >= 0.3 is 0 Å². The van der Waals surface area contributed by atoms with Crippen molar-refractivity contribution in [3.63, 3.8) is 0 Å². The van der Waals surface area contributed by atoms with Gasteiger partial charge in [0.15, 0.2) is 0 Å². The third-order valence-electron chi connectivity index (χ3n) is 2.43. The Kier molecular flexibility index (Phi) is 5.98. The highest BCUT2D eigenvalue weighted by atomic mass is 79.9. The quantitative estimate of drug-likeness (QED) is 0.843. The third-order valence-corrected chi connectivity index (χ3v) is 3.32. The summed E-state index contributed by atoms with van der Waals surface area (Å²) >= 11 is 3.08. The van der Waals surface area contributed by atoms with Crippen LogP contribution in [-0.2, 0) is 6.42 Å². The summed E-state index contributed by atoms with van der Waals surface area (Å²) in [4.78, 5) is 0. The molecule has 0 amide bonds. The Bertz CT molecular complexity index is 358. The van der Waals surface area contributed by atoms with Gasteiger partial charge < -0.3 is 5.32 Å². The molecule has 0 fully saturated rings. The van der Waals surface area contributed by atoms with Crippen molar-refractivity contribution in [2.24, 2.45) is 0 Å². The molecule has 1 aromatic carbocycles. The molecule has 1 aromatic rings. The summed E-state index contributed by atoms with van der Waals surface area (Å²) in [5.74, 6) is -0.425. The maximum Gasteiger partial charge on any atom is 0.254 e. The molecule has 1 unspecified atom stereocenters. The first-order valence-electron chi connectivity index (χ1n) is 5.50. The van der Waals surface area contributed by atoms with E-state index in [4.69, 9.17) is 0 Å². The van der Waals surface area contributed by atoms with E-state index >= 15 is 0 Å². The SMILES string of the molecule is CCCNC(Cc1cccc(F)c1Br)C(F)F. The van der Waals surface area contributed by atoms with E-state index in [-0.39, 0.29) is 10.9 Å². The molecule has 0 bridgehead atoms. The Hall–Kier alpha value is -0.550. The number of benzene rings is 1. The normalized spacial score (nSPS) is 13.1. The molecule has 0 aliphatic heterocycles. The number of alkyl halides is 2. The van der Waals surface area contributed by atoms with Crippen LogP contribution < -0.4 is 5.32 Å². The summed E-state index contributed by atoms with van der Waals surface area (Å²) in [6, 6.07) is 3.53. The highest BCUT2D eigenvalue weighted by Gasteiger charge is 2.21. The average Bonchev–Trinajstić information content (AvgIpc) is 2.29. The summed E-state index contributed by atoms with van der Waals surface area (Å²) in [5.41, 5.74) is 0.555. The van der Waals surface area contributed by atoms with Gasteiger partial charge in [-0.05, 0) is 46.9 Å². The zero-order valence-electron chi connectivity index (χ0n) is 9.52. The van der Waals surface area contributed by atoms with E-state index in [0.717, 1.165) is 6.42 Å². The number of rotatable bonds is 6. The van der Waals surface area contributed by atoms with Crippen LogP contribution >= 0.6 is 15.9 Å². The topological polar surface area (TPSA) is 12.0 Å². The minimum absolute atomic E-state index is 0.107. The number of nitrogens with one attached hydrogen (secondary N) is 1. The second-order valence-electron chi connectivity index (χ2n) is 3.81. The van der Waals surface area contributed by atoms with E-state index in [1.54, 1.807) is 6.07 Å². The summed E-state index contributed by atoms with van der Waals surface area (Å²) in [6.45, 7) is 2.44. The molecule has 0 aliphatic rings. The van der Waals surface area contributed by atoms with Crippen molar-refractivity contribution in [3.8, 4) is 0 Å². The van der Waals surface area contributed by atoms with E-state index in [1.807, 2.05) is 6.92 Å². The first-order chi connectivity index (χ1) is 8.06. The second kappa shape index (κ2) is 7.01. The van der Waals surface area contributed by atoms with Crippen LogP contribution in [0.5, 0.6) is 0 Å². The first kappa shape index (κ1) is 14.5. The van der Waals surface area contributed by atoms with E-state index < -0.39 is 18.3 Å². The molecule has 0 spiro atoms. The lowest BCUT2D eigenvalue weighted by molar-refractivity contribution is 0.0982. The molecule has 1 nitrogen and oxygen atoms in total. The van der Waals surface area contributed by atoms with Crippen molar-refractivity contribution in [2.45, 2.75) is 32.2 Å². The summed E-state index contributed by atoms with van der Waals surface area (Å²) in [7, 11) is 0. The van der Waals surface area contributed by atoms with Gasteiger partial charge in [-0.15, -0.1) is 0 Å². The fraction of sp³-hybridized carbons (Fsp3) is 0.500. The van der Waals surface area contributed by atoms with Gasteiger partial charge in [-0.3, -0.25) is 0 Å². The van der Waals surface area contributed by atoms with Crippen molar-refractivity contribution < 1.29 is 13.2 Å². The number of hydrogen-bond donors (Lipinski definition) is 1. The molecule has 17 heavy (non-hydrogen) atoms. The van der Waals surface area contributed by atoms with Crippen LogP contribution in [0.1, 0.15) is 18.9 Å². The molecular weight excluding hydrogens is 295 g/mol. The number of halogens is 4. The van der Waals surface area contributed by atoms with Crippen molar-refractivity contribution in [3.05, 3.63) is 34.1 Å². The molecule has 0 heterocycles. The van der Waals surface area contributed by atoms with Crippen LogP contribution in [0.3, 0.4) is 0 Å². The van der Waals surface area contributed by atoms with Gasteiger partial charge in [-0.25, -0.2) is 13.2 Å². The van der Waals surface area contributed by atoms with Gasteiger partial charge in [-0.1, -0.05) is 19.1 Å². The standard InChI is InChI=1S/C12H15BrF3N/c1-2-6-17-10(12(15)16)7-8-4-3-5-9(14)11(8)13/h3-5,10,12,17H,2,6-7H2,1H3. The zero-order chi connectivity index (χ0) is 12.8. The van der Waals surface area contributed by atoms with Crippen LogP contribution in [0.15, 0.2) is 22.7 Å². The fourth-order valence-corrected chi connectivity index (χ4v) is 1.95. The maximum atomic E-state index is 13.2. The van der Waals surface area contributed by atoms with Gasteiger partial charge in [0.2, 0.25) is 0 Å². The monoisotopic (exact) mass is 309 g/mol. The molecule has 1 rings (SSSR count). The summed E-state index contributed by atoms with van der Waals surface area (Å²) in [6.07, 6.45) is -1.57. The van der Waals surface area contributed by atoms with E-state index in [9.17, 15) is 13.2 Å². The molecule has 96 valence electrons. The lowest BCUT2D eigenvalue weighted by atomic mass is 10.1. The van der Waals surface area contributed by atoms with Gasteiger partial charge in [0.1, 0.15) is 5.82 Å². The Labute approximate surface area is 108 Å². The minimum atomic E-state index is -2.46. The largest absolute Gasteiger partial charge is 0.309 e. The van der Waals surface area contributed by atoms with Crippen LogP contribution in [0.2, 0.25) is 0 Å². The second-order valence-corrected chi connectivity index (χ2v) is 4.61. The summed E-state index contributed by atoms with van der Waals surface area (Å²) < 4.78 is 39.0. The van der Waals surface area contributed by atoms with Crippen LogP contribution in [0, 0.1) is 5.82 Å². The molecule has 0 saturated carbocycles. The minimum Gasteiger partial charge on any atom is -0.309 e. The predicted molar refractivity (Wildman–Crippen MR) is 65.9 cm³/mol. The smallest absolute Gasteiger partial charge is 0.254 e. The van der Waals surface area contributed by atoms with E-state index in [0.29, 0.717) is 12.1 Å². The maximum absolute atomic E-state index is 13.2. The molecule has 0 aromatic heterocycles. The summed E-state index contributed by atoms with van der Waals surface area (Å²) in [5, 5.41) is 2.77. The molecule has 5 heteroatoms. The molecule has 1 N–H and O–H groups in total. The average molecular weight is 310 g/mol. The Balaban J connectivity index is 2.75. The highest BCUT2D eigenvalue weighted by molar-refractivity contribution is 9.10. The van der Waals surface area contributed by atoms with Crippen molar-refractivity contribution >= 4 is 15.9 Å². The Morgan fingerprint density at radius 1 is 1.35 bits per heavy atom. The lowest BCUT2D eigenvalue weighted by Gasteiger charge is -2.18. The third kappa shape index (κ3) is 4.32. The van der Waals surface area contributed by atoms with E-state index in [2.05, 4.69) is 21.2 Å². The zero-order valence-corrected chi connectivity index (χ0v) is 11.1. The lowest BCUT2D eigenvalue weighted by Crippen LogP contribution is -2.38. The van der Waals surface area contributed by atoms with Crippen molar-refractivity contribution in [1.29, 1.82) is 0 Å². The number of hydrogen-bond acceptors (Lipinski definition) is 1. The van der Waals surface area contributed by atoms with Crippen molar-refractivity contribution in [2.75, 3.05) is 6.54 Å². The molecule has 1 atom stereocenters. The molecule has 0 aliphatic carbocycles. The molecular formula is C12H15BrF3N. The van der Waals surface area contributed by atoms with Crippen LogP contribution in [-0.4, -0.2) is 19.0 Å². The Morgan fingerprint density at radius 2 is 2.06 bits per heavy atom. The fourth-order valence-electron chi connectivity index (χ4n) is 1.52. The Morgan fingerprint density at radius 3 is 2.65 bits per heavy atom. The van der Waals surface area contributed by atoms with E-state index in [1.165, 1.54) is 12.1 Å². The van der Waals surface area contributed by atoms with Gasteiger partial charge in [0.05, 0.1) is 10.5 Å².